The van der Waals surface area contributed by atoms with E-state index in [1.54, 1.807) is 0 Å². The molecular formula is C10H16N2S. The molecular weight excluding hydrogens is 180 g/mol. The predicted molar refractivity (Wildman–Crippen MR) is 56.2 cm³/mol. The summed E-state index contributed by atoms with van der Waals surface area (Å²) in [6, 6.07) is 1.20. The Bertz CT molecular complexity index is 282. The molecule has 1 saturated carbocycles. The summed E-state index contributed by atoms with van der Waals surface area (Å²) in [7, 11) is 0. The SMILES string of the molecule is Cc1nc(C(C)NC2CC2)sc1C. The number of nitrogens with zero attached hydrogens (tertiary/aromatic N) is 1. The number of nitrogens with one attached hydrogen (secondary N) is 1. The van der Waals surface area contributed by atoms with Crippen molar-refractivity contribution in [3.05, 3.63) is 15.6 Å². The lowest BCUT2D eigenvalue weighted by molar-refractivity contribution is 0.567. The molecule has 1 aliphatic rings. The first kappa shape index (κ1) is 9.16. The summed E-state index contributed by atoms with van der Waals surface area (Å²) in [5, 5.41) is 4.80. The van der Waals surface area contributed by atoms with Crippen LogP contribution in [0.4, 0.5) is 0 Å². The number of rotatable bonds is 3. The maximum Gasteiger partial charge on any atom is 0.110 e. The highest BCUT2D eigenvalue weighted by molar-refractivity contribution is 7.11. The molecule has 0 aromatic carbocycles. The highest BCUT2D eigenvalue weighted by Crippen LogP contribution is 2.27. The highest BCUT2D eigenvalue weighted by Gasteiger charge is 2.24. The molecule has 2 rings (SSSR count). The van der Waals surface area contributed by atoms with Gasteiger partial charge >= 0.3 is 0 Å². The molecule has 0 radical (unpaired) electrons. The first-order valence-corrected chi connectivity index (χ1v) is 5.68. The summed E-state index contributed by atoms with van der Waals surface area (Å²) in [4.78, 5) is 5.89. The molecule has 1 aromatic rings. The minimum Gasteiger partial charge on any atom is -0.305 e. The molecule has 3 heteroatoms. The van der Waals surface area contributed by atoms with Crippen molar-refractivity contribution < 1.29 is 0 Å². The number of hydrogen-bond donors (Lipinski definition) is 1. The van der Waals surface area contributed by atoms with Gasteiger partial charge in [-0.1, -0.05) is 0 Å². The standard InChI is InChI=1S/C10H16N2S/c1-6-8(3)13-10(12-6)7(2)11-9-4-5-9/h7,9,11H,4-5H2,1-3H3. The van der Waals surface area contributed by atoms with E-state index in [9.17, 15) is 0 Å². The number of aryl methyl sites for hydroxylation is 2. The van der Waals surface area contributed by atoms with Crippen LogP contribution in [-0.4, -0.2) is 11.0 Å². The van der Waals surface area contributed by atoms with Gasteiger partial charge in [0.05, 0.1) is 11.7 Å². The molecule has 1 unspecified atom stereocenters. The van der Waals surface area contributed by atoms with E-state index in [1.807, 2.05) is 11.3 Å². The zero-order chi connectivity index (χ0) is 9.42. The molecule has 13 heavy (non-hydrogen) atoms. The van der Waals surface area contributed by atoms with Gasteiger partial charge in [-0.3, -0.25) is 0 Å². The first-order chi connectivity index (χ1) is 6.16. The quantitative estimate of drug-likeness (QED) is 0.803. The van der Waals surface area contributed by atoms with Crippen molar-refractivity contribution in [3.8, 4) is 0 Å². The Balaban J connectivity index is 2.05. The van der Waals surface area contributed by atoms with Crippen LogP contribution < -0.4 is 5.32 Å². The average molecular weight is 196 g/mol. The molecule has 72 valence electrons. The molecule has 1 aliphatic carbocycles. The number of thiazole rings is 1. The van der Waals surface area contributed by atoms with Gasteiger partial charge in [0, 0.05) is 10.9 Å². The van der Waals surface area contributed by atoms with E-state index in [4.69, 9.17) is 0 Å². The summed E-state index contributed by atoms with van der Waals surface area (Å²) < 4.78 is 0. The zero-order valence-corrected chi connectivity index (χ0v) is 9.24. The van der Waals surface area contributed by atoms with Crippen molar-refractivity contribution in [1.82, 2.24) is 10.3 Å². The number of aromatic nitrogens is 1. The van der Waals surface area contributed by atoms with Gasteiger partial charge in [-0.05, 0) is 33.6 Å². The van der Waals surface area contributed by atoms with Crippen LogP contribution in [0.5, 0.6) is 0 Å². The van der Waals surface area contributed by atoms with Gasteiger partial charge in [0.1, 0.15) is 5.01 Å². The lowest BCUT2D eigenvalue weighted by Gasteiger charge is -2.08. The summed E-state index contributed by atoms with van der Waals surface area (Å²) in [6.07, 6.45) is 2.68. The minimum atomic E-state index is 0.435. The Kier molecular flexibility index (Phi) is 2.39. The normalized spacial score (nSPS) is 19.0. The van der Waals surface area contributed by atoms with Gasteiger partial charge in [0.15, 0.2) is 0 Å². The van der Waals surface area contributed by atoms with E-state index in [1.165, 1.54) is 28.4 Å². The topological polar surface area (TPSA) is 24.9 Å². The van der Waals surface area contributed by atoms with Gasteiger partial charge < -0.3 is 5.32 Å². The van der Waals surface area contributed by atoms with Crippen molar-refractivity contribution in [2.45, 2.75) is 45.7 Å². The Morgan fingerprint density at radius 2 is 2.15 bits per heavy atom. The third kappa shape index (κ3) is 2.09. The second kappa shape index (κ2) is 3.39. The van der Waals surface area contributed by atoms with Crippen LogP contribution in [0.25, 0.3) is 0 Å². The molecule has 0 amide bonds. The third-order valence-corrected chi connectivity index (χ3v) is 3.73. The van der Waals surface area contributed by atoms with Gasteiger partial charge in [0.2, 0.25) is 0 Å². The maximum absolute atomic E-state index is 4.55. The van der Waals surface area contributed by atoms with E-state index in [0.29, 0.717) is 6.04 Å². The van der Waals surface area contributed by atoms with Crippen LogP contribution in [0, 0.1) is 13.8 Å². The molecule has 2 nitrogen and oxygen atoms in total. The zero-order valence-electron chi connectivity index (χ0n) is 8.42. The number of hydrogen-bond acceptors (Lipinski definition) is 3. The fraction of sp³-hybridized carbons (Fsp3) is 0.700. The molecule has 1 heterocycles. The Morgan fingerprint density at radius 1 is 1.46 bits per heavy atom. The smallest absolute Gasteiger partial charge is 0.110 e. The Labute approximate surface area is 83.4 Å². The largest absolute Gasteiger partial charge is 0.305 e. The summed E-state index contributed by atoms with van der Waals surface area (Å²) in [6.45, 7) is 6.43. The summed E-state index contributed by atoms with van der Waals surface area (Å²) in [5.74, 6) is 0. The summed E-state index contributed by atoms with van der Waals surface area (Å²) in [5.41, 5.74) is 1.18. The van der Waals surface area contributed by atoms with E-state index in [0.717, 1.165) is 6.04 Å². The Hall–Kier alpha value is -0.410. The van der Waals surface area contributed by atoms with Crippen molar-refractivity contribution >= 4 is 11.3 Å². The van der Waals surface area contributed by atoms with Crippen LogP contribution in [0.3, 0.4) is 0 Å². The fourth-order valence-electron chi connectivity index (χ4n) is 1.36. The van der Waals surface area contributed by atoms with Crippen molar-refractivity contribution in [2.75, 3.05) is 0 Å². The van der Waals surface area contributed by atoms with Crippen molar-refractivity contribution in [1.29, 1.82) is 0 Å². The molecule has 0 spiro atoms. The third-order valence-electron chi connectivity index (χ3n) is 2.48. The van der Waals surface area contributed by atoms with Crippen molar-refractivity contribution in [3.63, 3.8) is 0 Å². The van der Waals surface area contributed by atoms with E-state index < -0.39 is 0 Å². The molecule has 1 N–H and O–H groups in total. The fourth-order valence-corrected chi connectivity index (χ4v) is 2.29. The van der Waals surface area contributed by atoms with Crippen LogP contribution in [-0.2, 0) is 0 Å². The van der Waals surface area contributed by atoms with Crippen LogP contribution in [0.1, 0.15) is 41.4 Å². The second-order valence-corrected chi connectivity index (χ2v) is 5.09. The van der Waals surface area contributed by atoms with E-state index >= 15 is 0 Å². The van der Waals surface area contributed by atoms with E-state index in [-0.39, 0.29) is 0 Å². The Morgan fingerprint density at radius 3 is 2.62 bits per heavy atom. The highest BCUT2D eigenvalue weighted by atomic mass is 32.1. The predicted octanol–water partition coefficient (Wildman–Crippen LogP) is 2.57. The molecule has 0 aliphatic heterocycles. The van der Waals surface area contributed by atoms with Gasteiger partial charge in [-0.25, -0.2) is 4.98 Å². The van der Waals surface area contributed by atoms with Gasteiger partial charge in [0.25, 0.3) is 0 Å². The summed E-state index contributed by atoms with van der Waals surface area (Å²) >= 11 is 1.82. The lowest BCUT2D eigenvalue weighted by Crippen LogP contribution is -2.20. The van der Waals surface area contributed by atoms with Crippen LogP contribution in [0.15, 0.2) is 0 Å². The maximum atomic E-state index is 4.55. The molecule has 1 aromatic heterocycles. The van der Waals surface area contributed by atoms with Crippen LogP contribution in [0.2, 0.25) is 0 Å². The molecule has 0 saturated heterocycles. The first-order valence-electron chi connectivity index (χ1n) is 4.87. The van der Waals surface area contributed by atoms with Crippen LogP contribution >= 0.6 is 11.3 Å². The minimum absolute atomic E-state index is 0.435. The second-order valence-electron chi connectivity index (χ2n) is 3.86. The van der Waals surface area contributed by atoms with E-state index in [2.05, 4.69) is 31.1 Å². The van der Waals surface area contributed by atoms with Gasteiger partial charge in [-0.15, -0.1) is 11.3 Å². The monoisotopic (exact) mass is 196 g/mol. The molecule has 0 bridgehead atoms. The molecule has 1 fully saturated rings. The molecule has 1 atom stereocenters. The lowest BCUT2D eigenvalue weighted by atomic mass is 10.3. The van der Waals surface area contributed by atoms with Crippen molar-refractivity contribution in [2.24, 2.45) is 0 Å². The average Bonchev–Trinajstić information content (AvgIpc) is 2.81. The van der Waals surface area contributed by atoms with Gasteiger partial charge in [-0.2, -0.15) is 0 Å².